The van der Waals surface area contributed by atoms with Crippen LogP contribution in [0.1, 0.15) is 64.1 Å². The van der Waals surface area contributed by atoms with E-state index in [0.29, 0.717) is 12.5 Å². The monoisotopic (exact) mass is 302 g/mol. The van der Waals surface area contributed by atoms with Crippen LogP contribution in [0.3, 0.4) is 0 Å². The molecule has 0 radical (unpaired) electrons. The van der Waals surface area contributed by atoms with Crippen molar-refractivity contribution in [3.63, 3.8) is 0 Å². The molecule has 0 aliphatic heterocycles. The fourth-order valence-corrected chi connectivity index (χ4v) is 3.34. The average Bonchev–Trinajstić information content (AvgIpc) is 2.95. The zero-order valence-electron chi connectivity index (χ0n) is 14.4. The van der Waals surface area contributed by atoms with Crippen molar-refractivity contribution in [2.24, 2.45) is 17.6 Å². The second kappa shape index (κ2) is 6.82. The minimum atomic E-state index is 0.0422. The average molecular weight is 302 g/mol. The first-order valence-corrected chi connectivity index (χ1v) is 8.44. The third kappa shape index (κ3) is 3.89. The Morgan fingerprint density at radius 1 is 1.27 bits per heavy atom. The van der Waals surface area contributed by atoms with E-state index in [1.807, 2.05) is 0 Å². The maximum Gasteiger partial charge on any atom is 0.223 e. The van der Waals surface area contributed by atoms with Crippen LogP contribution in [-0.2, 0) is 10.2 Å². The Morgan fingerprint density at radius 2 is 1.91 bits per heavy atom. The third-order valence-electron chi connectivity index (χ3n) is 4.93. The first-order valence-electron chi connectivity index (χ1n) is 8.44. The molecule has 1 aromatic rings. The van der Waals surface area contributed by atoms with Gasteiger partial charge in [-0.25, -0.2) is 0 Å². The molecule has 122 valence electrons. The van der Waals surface area contributed by atoms with Gasteiger partial charge in [-0.1, -0.05) is 51.5 Å². The number of rotatable bonds is 4. The predicted molar refractivity (Wildman–Crippen MR) is 91.6 cm³/mol. The van der Waals surface area contributed by atoms with Gasteiger partial charge in [-0.2, -0.15) is 0 Å². The lowest BCUT2D eigenvalue weighted by Crippen LogP contribution is -2.36. The Hall–Kier alpha value is -1.35. The van der Waals surface area contributed by atoms with Crippen LogP contribution in [0.25, 0.3) is 0 Å². The van der Waals surface area contributed by atoms with Crippen molar-refractivity contribution in [2.75, 3.05) is 6.54 Å². The highest BCUT2D eigenvalue weighted by Crippen LogP contribution is 2.31. The van der Waals surface area contributed by atoms with E-state index in [2.05, 4.69) is 57.3 Å². The molecule has 1 unspecified atom stereocenters. The van der Waals surface area contributed by atoms with Gasteiger partial charge in [-0.15, -0.1) is 0 Å². The van der Waals surface area contributed by atoms with E-state index in [1.165, 1.54) is 5.56 Å². The van der Waals surface area contributed by atoms with Crippen molar-refractivity contribution >= 4 is 5.91 Å². The highest BCUT2D eigenvalue weighted by molar-refractivity contribution is 5.79. The minimum Gasteiger partial charge on any atom is -0.349 e. The number of nitrogens with two attached hydrogens (primary N) is 1. The molecular formula is C19H30N2O. The van der Waals surface area contributed by atoms with Gasteiger partial charge in [0.15, 0.2) is 0 Å². The normalized spacial score (nSPS) is 23.3. The van der Waals surface area contributed by atoms with Gasteiger partial charge in [0.05, 0.1) is 6.04 Å². The maximum atomic E-state index is 12.5. The van der Waals surface area contributed by atoms with Crippen LogP contribution in [0.4, 0.5) is 0 Å². The molecule has 1 amide bonds. The van der Waals surface area contributed by atoms with Crippen molar-refractivity contribution in [1.82, 2.24) is 5.32 Å². The number of nitrogens with one attached hydrogen (secondary N) is 1. The molecule has 3 nitrogen and oxygen atoms in total. The minimum absolute atomic E-state index is 0.0422. The fourth-order valence-electron chi connectivity index (χ4n) is 3.34. The molecule has 0 aromatic heterocycles. The summed E-state index contributed by atoms with van der Waals surface area (Å²) in [6, 6.07) is 8.62. The molecule has 22 heavy (non-hydrogen) atoms. The molecule has 3 N–H and O–H groups in total. The van der Waals surface area contributed by atoms with Gasteiger partial charge in [0, 0.05) is 5.92 Å². The highest BCUT2D eigenvalue weighted by Gasteiger charge is 2.32. The molecule has 1 aliphatic carbocycles. The summed E-state index contributed by atoms with van der Waals surface area (Å²) >= 11 is 0. The number of hydrogen-bond donors (Lipinski definition) is 2. The van der Waals surface area contributed by atoms with Crippen LogP contribution in [0.2, 0.25) is 0 Å². The van der Waals surface area contributed by atoms with Gasteiger partial charge >= 0.3 is 0 Å². The fraction of sp³-hybridized carbons (Fsp3) is 0.632. The van der Waals surface area contributed by atoms with Gasteiger partial charge in [0.25, 0.3) is 0 Å². The van der Waals surface area contributed by atoms with Crippen LogP contribution >= 0.6 is 0 Å². The summed E-state index contributed by atoms with van der Waals surface area (Å²) in [6.07, 6.45) is 3.18. The Morgan fingerprint density at radius 3 is 2.45 bits per heavy atom. The van der Waals surface area contributed by atoms with E-state index >= 15 is 0 Å². The van der Waals surface area contributed by atoms with Crippen LogP contribution < -0.4 is 11.1 Å². The second-order valence-electron chi connectivity index (χ2n) is 7.64. The van der Waals surface area contributed by atoms with Crippen molar-refractivity contribution in [3.05, 3.63) is 35.4 Å². The molecule has 0 bridgehead atoms. The van der Waals surface area contributed by atoms with Gasteiger partial charge in [0.2, 0.25) is 5.91 Å². The van der Waals surface area contributed by atoms with Crippen molar-refractivity contribution in [3.8, 4) is 0 Å². The Balaban J connectivity index is 2.00. The first-order chi connectivity index (χ1) is 10.3. The summed E-state index contributed by atoms with van der Waals surface area (Å²) in [6.45, 7) is 9.30. The largest absolute Gasteiger partial charge is 0.349 e. The molecule has 1 saturated carbocycles. The SMILES string of the molecule is CC(NC(=O)[C@@H]1CCC[C@@H]1CN)c1ccc(C(C)(C)C)cc1. The summed E-state index contributed by atoms with van der Waals surface area (Å²) in [5, 5.41) is 3.17. The molecule has 0 spiro atoms. The molecule has 1 aliphatic rings. The lowest BCUT2D eigenvalue weighted by molar-refractivity contribution is -0.126. The van der Waals surface area contributed by atoms with Crippen LogP contribution in [-0.4, -0.2) is 12.5 Å². The Bertz CT molecular complexity index is 501. The molecule has 1 fully saturated rings. The molecule has 0 saturated heterocycles. The summed E-state index contributed by atoms with van der Waals surface area (Å²) in [5.41, 5.74) is 8.41. The summed E-state index contributed by atoms with van der Waals surface area (Å²) in [7, 11) is 0. The lowest BCUT2D eigenvalue weighted by Gasteiger charge is -2.23. The van der Waals surface area contributed by atoms with E-state index in [9.17, 15) is 4.79 Å². The number of hydrogen-bond acceptors (Lipinski definition) is 2. The summed E-state index contributed by atoms with van der Waals surface area (Å²) in [5.74, 6) is 0.622. The van der Waals surface area contributed by atoms with E-state index in [-0.39, 0.29) is 23.3 Å². The zero-order chi connectivity index (χ0) is 16.3. The number of carbonyl (C=O) groups is 1. The van der Waals surface area contributed by atoms with Crippen LogP contribution in [0, 0.1) is 11.8 Å². The van der Waals surface area contributed by atoms with Gasteiger partial charge in [-0.05, 0) is 48.8 Å². The van der Waals surface area contributed by atoms with Crippen LogP contribution in [0.15, 0.2) is 24.3 Å². The molecule has 2 rings (SSSR count). The molecule has 3 atom stereocenters. The number of amides is 1. The molecule has 3 heteroatoms. The Kier molecular flexibility index (Phi) is 5.28. The maximum absolute atomic E-state index is 12.5. The highest BCUT2D eigenvalue weighted by atomic mass is 16.2. The van der Waals surface area contributed by atoms with Gasteiger partial charge in [0.1, 0.15) is 0 Å². The second-order valence-corrected chi connectivity index (χ2v) is 7.64. The zero-order valence-corrected chi connectivity index (χ0v) is 14.4. The van der Waals surface area contributed by atoms with Gasteiger partial charge in [-0.3, -0.25) is 4.79 Å². The quantitative estimate of drug-likeness (QED) is 0.894. The predicted octanol–water partition coefficient (Wildman–Crippen LogP) is 3.54. The van der Waals surface area contributed by atoms with E-state index < -0.39 is 0 Å². The first kappa shape index (κ1) is 17.0. The summed E-state index contributed by atoms with van der Waals surface area (Å²) < 4.78 is 0. The van der Waals surface area contributed by atoms with E-state index in [0.717, 1.165) is 24.8 Å². The van der Waals surface area contributed by atoms with E-state index in [1.54, 1.807) is 0 Å². The third-order valence-corrected chi connectivity index (χ3v) is 4.93. The van der Waals surface area contributed by atoms with E-state index in [4.69, 9.17) is 5.73 Å². The molecular weight excluding hydrogens is 272 g/mol. The van der Waals surface area contributed by atoms with Crippen molar-refractivity contribution < 1.29 is 4.79 Å². The number of carbonyl (C=O) groups excluding carboxylic acids is 1. The topological polar surface area (TPSA) is 55.1 Å². The lowest BCUT2D eigenvalue weighted by atomic mass is 9.86. The smallest absolute Gasteiger partial charge is 0.223 e. The van der Waals surface area contributed by atoms with Crippen LogP contribution in [0.5, 0.6) is 0 Å². The summed E-state index contributed by atoms with van der Waals surface area (Å²) in [4.78, 5) is 12.5. The van der Waals surface area contributed by atoms with Crippen molar-refractivity contribution in [1.29, 1.82) is 0 Å². The number of benzene rings is 1. The Labute approximate surface area is 134 Å². The molecule has 0 heterocycles. The standard InChI is InChI=1S/C19H30N2O/c1-13(14-8-10-16(11-9-14)19(2,3)4)21-18(22)17-7-5-6-15(17)12-20/h8-11,13,15,17H,5-7,12,20H2,1-4H3,(H,21,22)/t13?,15-,17-/m1/s1. The van der Waals surface area contributed by atoms with Gasteiger partial charge < -0.3 is 11.1 Å². The van der Waals surface area contributed by atoms with Crippen molar-refractivity contribution in [2.45, 2.75) is 58.4 Å². The molecule has 1 aromatic carbocycles.